The number of hydrogen-bond acceptors (Lipinski definition) is 2. The zero-order valence-corrected chi connectivity index (χ0v) is 13.1. The van der Waals surface area contributed by atoms with Gasteiger partial charge in [-0.2, -0.15) is 0 Å². The minimum Gasteiger partial charge on any atom is -0.393 e. The second kappa shape index (κ2) is 7.24. The molecule has 1 aromatic carbocycles. The van der Waals surface area contributed by atoms with E-state index < -0.39 is 0 Å². The van der Waals surface area contributed by atoms with Crippen LogP contribution in [0.5, 0.6) is 0 Å². The zero-order chi connectivity index (χ0) is 14.5. The third-order valence-electron chi connectivity index (χ3n) is 4.79. The molecule has 112 valence electrons. The lowest BCUT2D eigenvalue weighted by Gasteiger charge is -2.39. The standard InChI is InChI=1S/C18H29NO/c1-14-11-15(2)17(18(20)12-14)13-19(3)10-9-16-7-5-4-6-8-16/h4-8,14-15,17-18,20H,9-13H2,1-3H3. The molecule has 0 heterocycles. The van der Waals surface area contributed by atoms with Gasteiger partial charge >= 0.3 is 0 Å². The third kappa shape index (κ3) is 4.32. The van der Waals surface area contributed by atoms with Crippen LogP contribution in [0.25, 0.3) is 0 Å². The Kier molecular flexibility index (Phi) is 5.62. The Hall–Kier alpha value is -0.860. The molecule has 2 rings (SSSR count). The maximum absolute atomic E-state index is 10.3. The Bertz CT molecular complexity index is 380. The monoisotopic (exact) mass is 275 g/mol. The Balaban J connectivity index is 1.80. The highest BCUT2D eigenvalue weighted by Crippen LogP contribution is 2.34. The summed E-state index contributed by atoms with van der Waals surface area (Å²) in [6, 6.07) is 10.6. The molecule has 4 unspecified atom stereocenters. The Labute approximate surface area is 123 Å². The molecule has 0 amide bonds. The van der Waals surface area contributed by atoms with Crippen molar-refractivity contribution in [3.8, 4) is 0 Å². The van der Waals surface area contributed by atoms with Crippen molar-refractivity contribution in [1.29, 1.82) is 0 Å². The van der Waals surface area contributed by atoms with Crippen LogP contribution in [0.15, 0.2) is 30.3 Å². The van der Waals surface area contributed by atoms with Gasteiger partial charge in [0.2, 0.25) is 0 Å². The second-order valence-electron chi connectivity index (χ2n) is 6.78. The Morgan fingerprint density at radius 3 is 2.50 bits per heavy atom. The fourth-order valence-electron chi connectivity index (χ4n) is 3.59. The van der Waals surface area contributed by atoms with E-state index in [-0.39, 0.29) is 6.10 Å². The lowest BCUT2D eigenvalue weighted by Crippen LogP contribution is -2.41. The van der Waals surface area contributed by atoms with Crippen LogP contribution in [0.4, 0.5) is 0 Å². The maximum Gasteiger partial charge on any atom is 0.0585 e. The van der Waals surface area contributed by atoms with Gasteiger partial charge in [0.25, 0.3) is 0 Å². The number of hydrogen-bond donors (Lipinski definition) is 1. The van der Waals surface area contributed by atoms with Crippen LogP contribution in [-0.4, -0.2) is 36.2 Å². The van der Waals surface area contributed by atoms with E-state index in [1.165, 1.54) is 12.0 Å². The lowest BCUT2D eigenvalue weighted by atomic mass is 9.73. The van der Waals surface area contributed by atoms with Crippen LogP contribution < -0.4 is 0 Å². The molecule has 1 aliphatic carbocycles. The molecule has 2 nitrogen and oxygen atoms in total. The van der Waals surface area contributed by atoms with E-state index in [9.17, 15) is 5.11 Å². The van der Waals surface area contributed by atoms with Crippen molar-refractivity contribution in [1.82, 2.24) is 4.90 Å². The normalized spacial score (nSPS) is 30.6. The third-order valence-corrected chi connectivity index (χ3v) is 4.79. The van der Waals surface area contributed by atoms with E-state index in [0.29, 0.717) is 17.8 Å². The molecule has 0 spiro atoms. The van der Waals surface area contributed by atoms with Crippen molar-refractivity contribution >= 4 is 0 Å². The molecule has 1 saturated carbocycles. The van der Waals surface area contributed by atoms with E-state index in [0.717, 1.165) is 25.9 Å². The summed E-state index contributed by atoms with van der Waals surface area (Å²) in [6.07, 6.45) is 3.20. The summed E-state index contributed by atoms with van der Waals surface area (Å²) in [7, 11) is 2.18. The van der Waals surface area contributed by atoms with Gasteiger partial charge in [0.1, 0.15) is 0 Å². The first-order valence-corrected chi connectivity index (χ1v) is 7.96. The fourth-order valence-corrected chi connectivity index (χ4v) is 3.59. The lowest BCUT2D eigenvalue weighted by molar-refractivity contribution is 0.00178. The minimum atomic E-state index is -0.118. The average molecular weight is 275 g/mol. The summed E-state index contributed by atoms with van der Waals surface area (Å²) in [6.45, 7) is 6.64. The van der Waals surface area contributed by atoms with E-state index in [1.807, 2.05) is 0 Å². The number of aliphatic hydroxyl groups is 1. The van der Waals surface area contributed by atoms with Gasteiger partial charge in [-0.15, -0.1) is 0 Å². The van der Waals surface area contributed by atoms with E-state index in [1.54, 1.807) is 0 Å². The molecule has 0 bridgehead atoms. The van der Waals surface area contributed by atoms with Crippen LogP contribution in [0.1, 0.15) is 32.3 Å². The highest BCUT2D eigenvalue weighted by molar-refractivity contribution is 5.14. The molecule has 1 aromatic rings. The number of aliphatic hydroxyl groups excluding tert-OH is 1. The minimum absolute atomic E-state index is 0.118. The molecule has 0 aliphatic heterocycles. The van der Waals surface area contributed by atoms with Gasteiger partial charge in [-0.05, 0) is 43.7 Å². The molecular formula is C18H29NO. The first-order valence-electron chi connectivity index (χ1n) is 7.96. The summed E-state index contributed by atoms with van der Waals surface area (Å²) in [5.74, 6) is 1.74. The molecule has 0 aromatic heterocycles. The zero-order valence-electron chi connectivity index (χ0n) is 13.1. The fraction of sp³-hybridized carbons (Fsp3) is 0.667. The number of benzene rings is 1. The maximum atomic E-state index is 10.3. The van der Waals surface area contributed by atoms with Crippen molar-refractivity contribution in [3.05, 3.63) is 35.9 Å². The van der Waals surface area contributed by atoms with Crippen LogP contribution in [0.2, 0.25) is 0 Å². The van der Waals surface area contributed by atoms with E-state index >= 15 is 0 Å². The first-order chi connectivity index (χ1) is 9.56. The van der Waals surface area contributed by atoms with E-state index in [2.05, 4.69) is 56.1 Å². The van der Waals surface area contributed by atoms with Gasteiger partial charge in [0.15, 0.2) is 0 Å². The molecule has 1 aliphatic rings. The van der Waals surface area contributed by atoms with Crippen molar-refractivity contribution in [2.24, 2.45) is 17.8 Å². The van der Waals surface area contributed by atoms with Crippen molar-refractivity contribution in [2.45, 2.75) is 39.2 Å². The van der Waals surface area contributed by atoms with Gasteiger partial charge in [-0.3, -0.25) is 0 Å². The van der Waals surface area contributed by atoms with Gasteiger partial charge < -0.3 is 10.0 Å². The molecule has 2 heteroatoms. The Morgan fingerprint density at radius 2 is 1.85 bits per heavy atom. The number of likely N-dealkylation sites (N-methyl/N-ethyl adjacent to an activating group) is 1. The molecule has 1 N–H and O–H groups in total. The second-order valence-corrected chi connectivity index (χ2v) is 6.78. The molecular weight excluding hydrogens is 246 g/mol. The van der Waals surface area contributed by atoms with Crippen LogP contribution in [0.3, 0.4) is 0 Å². The van der Waals surface area contributed by atoms with Crippen LogP contribution in [-0.2, 0) is 6.42 Å². The largest absolute Gasteiger partial charge is 0.393 e. The smallest absolute Gasteiger partial charge is 0.0585 e. The van der Waals surface area contributed by atoms with E-state index in [4.69, 9.17) is 0 Å². The summed E-state index contributed by atoms with van der Waals surface area (Å²) in [5, 5.41) is 10.3. The summed E-state index contributed by atoms with van der Waals surface area (Å²) < 4.78 is 0. The molecule has 1 fully saturated rings. The molecule has 20 heavy (non-hydrogen) atoms. The predicted molar refractivity (Wildman–Crippen MR) is 84.7 cm³/mol. The highest BCUT2D eigenvalue weighted by Gasteiger charge is 2.33. The summed E-state index contributed by atoms with van der Waals surface area (Å²) in [5.41, 5.74) is 1.39. The van der Waals surface area contributed by atoms with Gasteiger partial charge in [-0.25, -0.2) is 0 Å². The number of nitrogens with zero attached hydrogens (tertiary/aromatic N) is 1. The van der Waals surface area contributed by atoms with Crippen molar-refractivity contribution in [3.63, 3.8) is 0 Å². The Morgan fingerprint density at radius 1 is 1.15 bits per heavy atom. The van der Waals surface area contributed by atoms with Crippen LogP contribution >= 0.6 is 0 Å². The average Bonchev–Trinajstić information content (AvgIpc) is 2.42. The quantitative estimate of drug-likeness (QED) is 0.892. The number of rotatable bonds is 5. The predicted octanol–water partition coefficient (Wildman–Crippen LogP) is 3.20. The molecule has 0 saturated heterocycles. The van der Waals surface area contributed by atoms with Gasteiger partial charge in [-0.1, -0.05) is 44.2 Å². The highest BCUT2D eigenvalue weighted by atomic mass is 16.3. The van der Waals surface area contributed by atoms with Gasteiger partial charge in [0, 0.05) is 19.0 Å². The van der Waals surface area contributed by atoms with Crippen molar-refractivity contribution < 1.29 is 5.11 Å². The van der Waals surface area contributed by atoms with Crippen molar-refractivity contribution in [2.75, 3.05) is 20.1 Å². The summed E-state index contributed by atoms with van der Waals surface area (Å²) >= 11 is 0. The first kappa shape index (κ1) is 15.5. The molecule has 0 radical (unpaired) electrons. The van der Waals surface area contributed by atoms with Crippen LogP contribution in [0, 0.1) is 17.8 Å². The SMILES string of the molecule is CC1CC(C)C(CN(C)CCc2ccccc2)C(O)C1. The summed E-state index contributed by atoms with van der Waals surface area (Å²) in [4.78, 5) is 2.38. The molecule has 4 atom stereocenters. The topological polar surface area (TPSA) is 23.5 Å². The van der Waals surface area contributed by atoms with Gasteiger partial charge in [0.05, 0.1) is 6.10 Å².